The van der Waals surface area contributed by atoms with Crippen molar-refractivity contribution in [2.75, 3.05) is 36.4 Å². The van der Waals surface area contributed by atoms with Crippen molar-refractivity contribution >= 4 is 27.5 Å². The number of carbonyl (C=O) groups excluding carboxylic acids is 2. The van der Waals surface area contributed by atoms with Gasteiger partial charge in [0.05, 0.1) is 11.4 Å². The largest absolute Gasteiger partial charge is 0.486 e. The highest BCUT2D eigenvalue weighted by atomic mass is 32.2. The third-order valence-corrected chi connectivity index (χ3v) is 8.90. The second-order valence-corrected chi connectivity index (χ2v) is 12.4. The van der Waals surface area contributed by atoms with Crippen LogP contribution in [0.15, 0.2) is 72.8 Å². The molecule has 0 spiro atoms. The van der Waals surface area contributed by atoms with E-state index in [1.165, 1.54) is 30.0 Å². The summed E-state index contributed by atoms with van der Waals surface area (Å²) in [5.41, 5.74) is 1.67. The first-order valence-electron chi connectivity index (χ1n) is 14.5. The Balaban J connectivity index is 1.72. The van der Waals surface area contributed by atoms with Crippen molar-refractivity contribution in [2.45, 2.75) is 45.7 Å². The molecule has 0 aliphatic carbocycles. The van der Waals surface area contributed by atoms with Gasteiger partial charge in [-0.3, -0.25) is 13.9 Å². The number of nitrogens with zero attached hydrogens (tertiary/aromatic N) is 2. The van der Waals surface area contributed by atoms with Crippen LogP contribution in [0.3, 0.4) is 0 Å². The normalized spacial score (nSPS) is 13.2. The van der Waals surface area contributed by atoms with Crippen molar-refractivity contribution in [1.82, 2.24) is 10.2 Å². The molecule has 4 rings (SSSR count). The number of sulfonamides is 1. The molecular formula is C32H38FN3O6S. The summed E-state index contributed by atoms with van der Waals surface area (Å²) < 4.78 is 52.7. The second-order valence-electron chi connectivity index (χ2n) is 10.2. The molecule has 9 nitrogen and oxygen atoms in total. The summed E-state index contributed by atoms with van der Waals surface area (Å²) in [6.45, 7) is 4.06. The maximum atomic E-state index is 14.2. The summed E-state index contributed by atoms with van der Waals surface area (Å²) in [5, 5.41) is 2.94. The summed E-state index contributed by atoms with van der Waals surface area (Å²) >= 11 is 0. The molecule has 0 radical (unpaired) electrons. The molecule has 1 aliphatic rings. The van der Waals surface area contributed by atoms with Gasteiger partial charge in [-0.15, -0.1) is 0 Å². The van der Waals surface area contributed by atoms with E-state index in [9.17, 15) is 22.4 Å². The molecule has 0 saturated carbocycles. The van der Waals surface area contributed by atoms with Gasteiger partial charge in [0.15, 0.2) is 11.5 Å². The Morgan fingerprint density at radius 3 is 2.30 bits per heavy atom. The minimum Gasteiger partial charge on any atom is -0.486 e. The fraction of sp³-hybridized carbons (Fsp3) is 0.375. The number of rotatable bonds is 14. The Bertz CT molecular complexity index is 1480. The molecule has 3 aromatic rings. The number of hydrogen-bond donors (Lipinski definition) is 1. The van der Waals surface area contributed by atoms with Crippen molar-refractivity contribution in [3.8, 4) is 11.5 Å². The number of hydrogen-bond acceptors (Lipinski definition) is 6. The molecule has 1 heterocycles. The Labute approximate surface area is 252 Å². The standard InChI is InChI=1S/C32H38FN3O6S/c1-3-5-17-34-32(38)28(20-24-9-7-6-8-10-24)35(22-25-11-13-26(33)14-12-25)31(37)23-36(43(39,40)4-2)27-15-16-29-30(21-27)42-19-18-41-29/h6-16,21,28H,3-5,17-20,22-23H2,1-2H3,(H,34,38)/t28-/m0/s1. The van der Waals surface area contributed by atoms with Crippen LogP contribution in [0.1, 0.15) is 37.8 Å². The highest BCUT2D eigenvalue weighted by Crippen LogP contribution is 2.35. The minimum absolute atomic E-state index is 0.0288. The van der Waals surface area contributed by atoms with Gasteiger partial charge >= 0.3 is 0 Å². The molecule has 0 saturated heterocycles. The molecule has 0 aromatic heterocycles. The Hall–Kier alpha value is -4.12. The second kappa shape index (κ2) is 14.9. The van der Waals surface area contributed by atoms with Gasteiger partial charge in [-0.2, -0.15) is 0 Å². The van der Waals surface area contributed by atoms with E-state index < -0.39 is 34.3 Å². The van der Waals surface area contributed by atoms with E-state index in [2.05, 4.69) is 5.32 Å². The molecule has 0 unspecified atom stereocenters. The number of ether oxygens (including phenoxy) is 2. The number of halogens is 1. The SMILES string of the molecule is CCCCNC(=O)[C@H](Cc1ccccc1)N(Cc1ccc(F)cc1)C(=O)CN(c1ccc2c(c1)OCCO2)S(=O)(=O)CC. The highest BCUT2D eigenvalue weighted by Gasteiger charge is 2.34. The van der Waals surface area contributed by atoms with Crippen molar-refractivity contribution in [2.24, 2.45) is 0 Å². The number of benzene rings is 3. The summed E-state index contributed by atoms with van der Waals surface area (Å²) in [5.74, 6) is -0.747. The van der Waals surface area contributed by atoms with Crippen LogP contribution < -0.4 is 19.1 Å². The first-order chi connectivity index (χ1) is 20.7. The van der Waals surface area contributed by atoms with Gasteiger partial charge in [-0.25, -0.2) is 12.8 Å². The molecule has 0 bridgehead atoms. The molecule has 1 atom stereocenters. The van der Waals surface area contributed by atoms with Gasteiger partial charge in [-0.05, 0) is 48.7 Å². The zero-order valence-corrected chi connectivity index (χ0v) is 25.3. The summed E-state index contributed by atoms with van der Waals surface area (Å²) in [6.07, 6.45) is 1.85. The van der Waals surface area contributed by atoms with Crippen LogP contribution in [-0.4, -0.2) is 63.2 Å². The fourth-order valence-corrected chi connectivity index (χ4v) is 5.81. The number of amides is 2. The Kier molecular flexibility index (Phi) is 11.0. The minimum atomic E-state index is -3.93. The lowest BCUT2D eigenvalue weighted by Crippen LogP contribution is -2.53. The van der Waals surface area contributed by atoms with E-state index in [1.807, 2.05) is 37.3 Å². The molecule has 43 heavy (non-hydrogen) atoms. The van der Waals surface area contributed by atoms with Crippen molar-refractivity contribution in [3.05, 3.63) is 89.7 Å². The van der Waals surface area contributed by atoms with Gasteiger partial charge < -0.3 is 19.7 Å². The van der Waals surface area contributed by atoms with Gasteiger partial charge in [-0.1, -0.05) is 55.8 Å². The lowest BCUT2D eigenvalue weighted by atomic mass is 10.0. The fourth-order valence-electron chi connectivity index (χ4n) is 4.75. The monoisotopic (exact) mass is 611 g/mol. The smallest absolute Gasteiger partial charge is 0.244 e. The third kappa shape index (κ3) is 8.47. The first-order valence-corrected chi connectivity index (χ1v) is 16.1. The van der Waals surface area contributed by atoms with E-state index in [-0.39, 0.29) is 30.3 Å². The topological polar surface area (TPSA) is 105 Å². The third-order valence-electron chi connectivity index (χ3n) is 7.16. The van der Waals surface area contributed by atoms with E-state index in [4.69, 9.17) is 9.47 Å². The molecular weight excluding hydrogens is 573 g/mol. The van der Waals surface area contributed by atoms with Crippen LogP contribution in [0.25, 0.3) is 0 Å². The predicted octanol–water partition coefficient (Wildman–Crippen LogP) is 4.31. The van der Waals surface area contributed by atoms with Crippen molar-refractivity contribution in [3.63, 3.8) is 0 Å². The molecule has 2 amide bonds. The molecule has 3 aromatic carbocycles. The van der Waals surface area contributed by atoms with E-state index in [1.54, 1.807) is 24.3 Å². The lowest BCUT2D eigenvalue weighted by molar-refractivity contribution is -0.140. The van der Waals surface area contributed by atoms with Crippen molar-refractivity contribution in [1.29, 1.82) is 0 Å². The summed E-state index contributed by atoms with van der Waals surface area (Å²) in [4.78, 5) is 29.3. The molecule has 11 heteroatoms. The summed E-state index contributed by atoms with van der Waals surface area (Å²) in [6, 6.07) is 18.7. The van der Waals surface area contributed by atoms with Crippen LogP contribution >= 0.6 is 0 Å². The van der Waals surface area contributed by atoms with E-state index in [0.717, 1.165) is 22.7 Å². The van der Waals surface area contributed by atoms with Crippen LogP contribution in [-0.2, 0) is 32.6 Å². The van der Waals surface area contributed by atoms with Gasteiger partial charge in [0.2, 0.25) is 21.8 Å². The van der Waals surface area contributed by atoms with Gasteiger partial charge in [0.1, 0.15) is 31.6 Å². The Morgan fingerprint density at radius 1 is 0.930 bits per heavy atom. The lowest BCUT2D eigenvalue weighted by Gasteiger charge is -2.34. The van der Waals surface area contributed by atoms with Crippen LogP contribution in [0.5, 0.6) is 11.5 Å². The number of carbonyl (C=O) groups is 2. The van der Waals surface area contributed by atoms with E-state index in [0.29, 0.717) is 36.8 Å². The van der Waals surface area contributed by atoms with E-state index >= 15 is 0 Å². The maximum Gasteiger partial charge on any atom is 0.244 e. The Morgan fingerprint density at radius 2 is 1.63 bits per heavy atom. The van der Waals surface area contributed by atoms with Crippen LogP contribution in [0.2, 0.25) is 0 Å². The first kappa shape index (κ1) is 31.8. The van der Waals surface area contributed by atoms with Gasteiger partial charge in [0.25, 0.3) is 0 Å². The molecule has 1 aliphatic heterocycles. The number of fused-ring (bicyclic) bond motifs is 1. The van der Waals surface area contributed by atoms with Crippen LogP contribution in [0.4, 0.5) is 10.1 Å². The molecule has 0 fully saturated rings. The zero-order valence-electron chi connectivity index (χ0n) is 24.5. The number of unbranched alkanes of at least 4 members (excludes halogenated alkanes) is 1. The summed E-state index contributed by atoms with van der Waals surface area (Å²) in [7, 11) is -3.93. The number of nitrogens with one attached hydrogen (secondary N) is 1. The molecule has 230 valence electrons. The highest BCUT2D eigenvalue weighted by molar-refractivity contribution is 7.92. The number of anilines is 1. The molecule has 1 N–H and O–H groups in total. The maximum absolute atomic E-state index is 14.2. The average Bonchev–Trinajstić information content (AvgIpc) is 3.02. The average molecular weight is 612 g/mol. The van der Waals surface area contributed by atoms with Crippen molar-refractivity contribution < 1.29 is 31.9 Å². The quantitative estimate of drug-likeness (QED) is 0.273. The predicted molar refractivity (Wildman–Crippen MR) is 163 cm³/mol. The van der Waals surface area contributed by atoms with Crippen LogP contribution in [0, 0.1) is 5.82 Å². The zero-order chi connectivity index (χ0) is 30.8. The van der Waals surface area contributed by atoms with Gasteiger partial charge in [0, 0.05) is 25.6 Å².